The topological polar surface area (TPSA) is 89.5 Å². The van der Waals surface area contributed by atoms with Gasteiger partial charge in [0, 0.05) is 6.04 Å². The van der Waals surface area contributed by atoms with E-state index in [9.17, 15) is 18.0 Å². The van der Waals surface area contributed by atoms with Crippen molar-refractivity contribution in [3.63, 3.8) is 0 Å². The number of benzene rings is 1. The molecule has 24 heavy (non-hydrogen) atoms. The maximum Gasteiger partial charge on any atom is 0.307 e. The lowest BCUT2D eigenvalue weighted by molar-refractivity contribution is -0.148. The minimum Gasteiger partial charge on any atom is -0.456 e. The van der Waals surface area contributed by atoms with Gasteiger partial charge in [-0.3, -0.25) is 9.59 Å². The number of carbonyl (C=O) groups excluding carboxylic acids is 2. The Morgan fingerprint density at radius 2 is 1.83 bits per heavy atom. The van der Waals surface area contributed by atoms with Crippen LogP contribution in [0.1, 0.15) is 38.7 Å². The standard InChI is InChI=1S/C17H25NO5S/c1-4-5-14(3)18-16(19)12-23-17(20)10-11-24(21,22)15-8-6-13(2)7-9-15/h6-9,14H,4-5,10-12H2,1-3H3,(H,18,19)/t14-/m0/s1. The summed E-state index contributed by atoms with van der Waals surface area (Å²) in [6.45, 7) is 5.35. The molecule has 0 aliphatic rings. The summed E-state index contributed by atoms with van der Waals surface area (Å²) in [5, 5.41) is 2.71. The van der Waals surface area contributed by atoms with Crippen LogP contribution in [0.5, 0.6) is 0 Å². The SMILES string of the molecule is CCC[C@H](C)NC(=O)COC(=O)CCS(=O)(=O)c1ccc(C)cc1. The molecule has 0 aromatic heterocycles. The molecule has 0 fully saturated rings. The first-order valence-electron chi connectivity index (χ1n) is 7.99. The molecule has 0 heterocycles. The van der Waals surface area contributed by atoms with Crippen molar-refractivity contribution in [2.75, 3.05) is 12.4 Å². The van der Waals surface area contributed by atoms with Crippen LogP contribution in [0.4, 0.5) is 0 Å². The Kier molecular flexibility index (Phi) is 7.91. The molecule has 0 saturated carbocycles. The fourth-order valence-corrected chi connectivity index (χ4v) is 3.34. The number of carbonyl (C=O) groups is 2. The Morgan fingerprint density at radius 1 is 1.21 bits per heavy atom. The second-order valence-electron chi connectivity index (χ2n) is 5.80. The molecule has 1 atom stereocenters. The van der Waals surface area contributed by atoms with E-state index in [0.717, 1.165) is 18.4 Å². The van der Waals surface area contributed by atoms with Crippen molar-refractivity contribution in [3.05, 3.63) is 29.8 Å². The number of hydrogen-bond donors (Lipinski definition) is 1. The molecular weight excluding hydrogens is 330 g/mol. The average molecular weight is 355 g/mol. The van der Waals surface area contributed by atoms with Gasteiger partial charge in [0.1, 0.15) is 0 Å². The smallest absolute Gasteiger partial charge is 0.307 e. The van der Waals surface area contributed by atoms with E-state index in [1.807, 2.05) is 20.8 Å². The molecule has 0 unspecified atom stereocenters. The van der Waals surface area contributed by atoms with Crippen molar-refractivity contribution in [1.29, 1.82) is 0 Å². The third kappa shape index (κ3) is 7.12. The van der Waals surface area contributed by atoms with E-state index in [2.05, 4.69) is 5.32 Å². The fraction of sp³-hybridized carbons (Fsp3) is 0.529. The summed E-state index contributed by atoms with van der Waals surface area (Å²) >= 11 is 0. The quantitative estimate of drug-likeness (QED) is 0.684. The van der Waals surface area contributed by atoms with Crippen LogP contribution in [0.2, 0.25) is 0 Å². The average Bonchev–Trinajstić information content (AvgIpc) is 2.51. The van der Waals surface area contributed by atoms with E-state index in [1.165, 1.54) is 12.1 Å². The molecule has 0 radical (unpaired) electrons. The van der Waals surface area contributed by atoms with Gasteiger partial charge in [-0.1, -0.05) is 31.0 Å². The number of nitrogens with one attached hydrogen (secondary N) is 1. The van der Waals surface area contributed by atoms with Gasteiger partial charge in [0.15, 0.2) is 16.4 Å². The molecule has 134 valence electrons. The zero-order chi connectivity index (χ0) is 18.2. The van der Waals surface area contributed by atoms with E-state index in [1.54, 1.807) is 12.1 Å². The predicted octanol–water partition coefficient (Wildman–Crippen LogP) is 2.01. The lowest BCUT2D eigenvalue weighted by Gasteiger charge is -2.12. The third-order valence-electron chi connectivity index (χ3n) is 3.45. The van der Waals surface area contributed by atoms with Gasteiger partial charge >= 0.3 is 5.97 Å². The van der Waals surface area contributed by atoms with Crippen LogP contribution in [-0.2, 0) is 24.2 Å². The summed E-state index contributed by atoms with van der Waals surface area (Å²) in [4.78, 5) is 23.4. The Balaban J connectivity index is 2.40. The molecule has 1 rings (SSSR count). The van der Waals surface area contributed by atoms with Crippen LogP contribution in [0.3, 0.4) is 0 Å². The van der Waals surface area contributed by atoms with Gasteiger partial charge in [0.25, 0.3) is 5.91 Å². The highest BCUT2D eigenvalue weighted by atomic mass is 32.2. The lowest BCUT2D eigenvalue weighted by atomic mass is 10.2. The van der Waals surface area contributed by atoms with Gasteiger partial charge in [-0.15, -0.1) is 0 Å². The maximum absolute atomic E-state index is 12.1. The summed E-state index contributed by atoms with van der Waals surface area (Å²) in [5.74, 6) is -1.43. The third-order valence-corrected chi connectivity index (χ3v) is 5.18. The largest absolute Gasteiger partial charge is 0.456 e. The minimum atomic E-state index is -3.54. The van der Waals surface area contributed by atoms with Gasteiger partial charge in [-0.05, 0) is 32.4 Å². The van der Waals surface area contributed by atoms with Crippen molar-refractivity contribution in [2.24, 2.45) is 0 Å². The van der Waals surface area contributed by atoms with Crippen molar-refractivity contribution in [2.45, 2.75) is 51.0 Å². The molecule has 1 amide bonds. The predicted molar refractivity (Wildman–Crippen MR) is 91.3 cm³/mol. The number of sulfone groups is 1. The van der Waals surface area contributed by atoms with Crippen molar-refractivity contribution < 1.29 is 22.7 Å². The van der Waals surface area contributed by atoms with Crippen LogP contribution < -0.4 is 5.32 Å². The lowest BCUT2D eigenvalue weighted by Crippen LogP contribution is -2.35. The number of amides is 1. The van der Waals surface area contributed by atoms with Gasteiger partial charge in [-0.2, -0.15) is 0 Å². The molecule has 0 aliphatic heterocycles. The molecule has 0 spiro atoms. The first-order chi connectivity index (χ1) is 11.2. The normalized spacial score (nSPS) is 12.5. The van der Waals surface area contributed by atoms with E-state index >= 15 is 0 Å². The molecule has 7 heteroatoms. The number of aryl methyl sites for hydroxylation is 1. The molecule has 1 aromatic rings. The number of ether oxygens (including phenoxy) is 1. The maximum atomic E-state index is 12.1. The Hall–Kier alpha value is -1.89. The highest BCUT2D eigenvalue weighted by molar-refractivity contribution is 7.91. The van der Waals surface area contributed by atoms with Crippen molar-refractivity contribution in [3.8, 4) is 0 Å². The molecule has 0 saturated heterocycles. The zero-order valence-corrected chi connectivity index (χ0v) is 15.2. The van der Waals surface area contributed by atoms with Gasteiger partial charge in [-0.25, -0.2) is 8.42 Å². The second-order valence-corrected chi connectivity index (χ2v) is 7.91. The number of rotatable bonds is 9. The van der Waals surface area contributed by atoms with Crippen LogP contribution in [-0.4, -0.2) is 38.7 Å². The molecular formula is C17H25NO5S. The Morgan fingerprint density at radius 3 is 2.42 bits per heavy atom. The molecule has 1 N–H and O–H groups in total. The fourth-order valence-electron chi connectivity index (χ4n) is 2.12. The van der Waals surface area contributed by atoms with Crippen molar-refractivity contribution in [1.82, 2.24) is 5.32 Å². The van der Waals surface area contributed by atoms with Crippen molar-refractivity contribution >= 4 is 21.7 Å². The van der Waals surface area contributed by atoms with Gasteiger partial charge in [0.2, 0.25) is 0 Å². The van der Waals surface area contributed by atoms with Crippen LogP contribution >= 0.6 is 0 Å². The van der Waals surface area contributed by atoms with Crippen LogP contribution in [0.25, 0.3) is 0 Å². The van der Waals surface area contributed by atoms with Crippen LogP contribution in [0.15, 0.2) is 29.2 Å². The van der Waals surface area contributed by atoms with Crippen LogP contribution in [0, 0.1) is 6.92 Å². The summed E-state index contributed by atoms with van der Waals surface area (Å²) in [7, 11) is -3.54. The molecule has 0 aliphatic carbocycles. The Labute approximate surface area is 143 Å². The number of hydrogen-bond acceptors (Lipinski definition) is 5. The summed E-state index contributed by atoms with van der Waals surface area (Å²) < 4.78 is 29.1. The van der Waals surface area contributed by atoms with Gasteiger partial charge in [0.05, 0.1) is 17.1 Å². The van der Waals surface area contributed by atoms with E-state index in [0.29, 0.717) is 0 Å². The van der Waals surface area contributed by atoms with E-state index < -0.39 is 22.4 Å². The summed E-state index contributed by atoms with van der Waals surface area (Å²) in [6, 6.07) is 6.44. The first kappa shape index (κ1) is 20.2. The van der Waals surface area contributed by atoms with E-state index in [4.69, 9.17) is 4.74 Å². The highest BCUT2D eigenvalue weighted by Gasteiger charge is 2.17. The second kappa shape index (κ2) is 9.42. The monoisotopic (exact) mass is 355 g/mol. The number of esters is 1. The van der Waals surface area contributed by atoms with E-state index in [-0.39, 0.29) is 29.0 Å². The Bertz CT molecular complexity index is 652. The highest BCUT2D eigenvalue weighted by Crippen LogP contribution is 2.13. The molecule has 1 aromatic carbocycles. The minimum absolute atomic E-state index is 0.0168. The first-order valence-corrected chi connectivity index (χ1v) is 9.64. The molecule has 0 bridgehead atoms. The summed E-state index contributed by atoms with van der Waals surface area (Å²) in [6.07, 6.45) is 1.50. The molecule has 6 nitrogen and oxygen atoms in total. The van der Waals surface area contributed by atoms with Gasteiger partial charge < -0.3 is 10.1 Å². The summed E-state index contributed by atoms with van der Waals surface area (Å²) in [5.41, 5.74) is 0.955. The zero-order valence-electron chi connectivity index (χ0n) is 14.4.